The maximum absolute atomic E-state index is 5.46. The lowest BCUT2D eigenvalue weighted by atomic mass is 10.1. The van der Waals surface area contributed by atoms with Crippen LogP contribution in [0.25, 0.3) is 6.08 Å². The van der Waals surface area contributed by atoms with Crippen LogP contribution in [0.1, 0.15) is 24.0 Å². The quantitative estimate of drug-likeness (QED) is 0.704. The Bertz CT molecular complexity index is 338. The standard InChI is InChI=1S/C13H16O2/c1-11-5-2-3-6-12(11)8-10-15-13-7-4-9-14-13/h2-3,5-6,8,10,13H,4,7,9H2,1H3. The van der Waals surface area contributed by atoms with Crippen LogP contribution in [0.3, 0.4) is 0 Å². The van der Waals surface area contributed by atoms with E-state index in [4.69, 9.17) is 9.47 Å². The van der Waals surface area contributed by atoms with Crippen molar-refractivity contribution in [2.45, 2.75) is 26.1 Å². The maximum atomic E-state index is 5.46. The van der Waals surface area contributed by atoms with Crippen molar-refractivity contribution >= 4 is 6.08 Å². The largest absolute Gasteiger partial charge is 0.473 e. The van der Waals surface area contributed by atoms with Gasteiger partial charge in [-0.3, -0.25) is 0 Å². The molecule has 80 valence electrons. The van der Waals surface area contributed by atoms with E-state index >= 15 is 0 Å². The molecule has 1 aliphatic rings. The average Bonchev–Trinajstić information content (AvgIpc) is 2.74. The van der Waals surface area contributed by atoms with E-state index in [0.29, 0.717) is 0 Å². The van der Waals surface area contributed by atoms with Crippen LogP contribution in [0, 0.1) is 6.92 Å². The first-order chi connectivity index (χ1) is 7.36. The van der Waals surface area contributed by atoms with Crippen molar-refractivity contribution in [3.8, 4) is 0 Å². The monoisotopic (exact) mass is 204 g/mol. The summed E-state index contributed by atoms with van der Waals surface area (Å²) in [5.74, 6) is 0. The summed E-state index contributed by atoms with van der Waals surface area (Å²) in [4.78, 5) is 0. The third kappa shape index (κ3) is 2.83. The van der Waals surface area contributed by atoms with Gasteiger partial charge in [-0.15, -0.1) is 0 Å². The van der Waals surface area contributed by atoms with Gasteiger partial charge < -0.3 is 9.47 Å². The van der Waals surface area contributed by atoms with Gasteiger partial charge in [-0.25, -0.2) is 0 Å². The Kier molecular flexibility index (Phi) is 3.41. The molecule has 1 atom stereocenters. The van der Waals surface area contributed by atoms with E-state index in [1.54, 1.807) is 6.26 Å². The second kappa shape index (κ2) is 4.99. The maximum Gasteiger partial charge on any atom is 0.198 e. The van der Waals surface area contributed by atoms with E-state index in [1.807, 2.05) is 18.2 Å². The summed E-state index contributed by atoms with van der Waals surface area (Å²) in [6.07, 6.45) is 5.78. The second-order valence-corrected chi connectivity index (χ2v) is 3.74. The van der Waals surface area contributed by atoms with E-state index in [1.165, 1.54) is 11.1 Å². The molecule has 0 saturated carbocycles. The molecule has 1 aliphatic heterocycles. The van der Waals surface area contributed by atoms with E-state index in [0.717, 1.165) is 19.4 Å². The lowest BCUT2D eigenvalue weighted by Crippen LogP contribution is -2.05. The number of rotatable bonds is 3. The molecular formula is C13H16O2. The summed E-state index contributed by atoms with van der Waals surface area (Å²) in [6.45, 7) is 2.91. The van der Waals surface area contributed by atoms with Gasteiger partial charge in [-0.2, -0.15) is 0 Å². The molecule has 1 aromatic carbocycles. The van der Waals surface area contributed by atoms with Crippen molar-refractivity contribution in [2.75, 3.05) is 6.61 Å². The van der Waals surface area contributed by atoms with E-state index in [-0.39, 0.29) is 6.29 Å². The smallest absolute Gasteiger partial charge is 0.198 e. The Balaban J connectivity index is 1.90. The van der Waals surface area contributed by atoms with Gasteiger partial charge in [0.05, 0.1) is 12.9 Å². The van der Waals surface area contributed by atoms with Gasteiger partial charge in [0.15, 0.2) is 6.29 Å². The van der Waals surface area contributed by atoms with Crippen molar-refractivity contribution in [1.29, 1.82) is 0 Å². The molecule has 1 aromatic rings. The van der Waals surface area contributed by atoms with Crippen molar-refractivity contribution < 1.29 is 9.47 Å². The normalized spacial score (nSPS) is 21.0. The van der Waals surface area contributed by atoms with Crippen LogP contribution in [0.15, 0.2) is 30.5 Å². The van der Waals surface area contributed by atoms with Gasteiger partial charge in [0.2, 0.25) is 0 Å². The molecule has 0 radical (unpaired) electrons. The molecule has 1 saturated heterocycles. The molecule has 0 aliphatic carbocycles. The van der Waals surface area contributed by atoms with Crippen molar-refractivity contribution in [2.24, 2.45) is 0 Å². The fourth-order valence-electron chi connectivity index (χ4n) is 1.63. The highest BCUT2D eigenvalue weighted by atomic mass is 16.7. The van der Waals surface area contributed by atoms with Crippen molar-refractivity contribution in [3.63, 3.8) is 0 Å². The Labute approximate surface area is 90.5 Å². The number of benzene rings is 1. The highest BCUT2D eigenvalue weighted by Crippen LogP contribution is 2.14. The first-order valence-electron chi connectivity index (χ1n) is 5.35. The minimum atomic E-state index is -0.0368. The van der Waals surface area contributed by atoms with E-state index in [9.17, 15) is 0 Å². The minimum absolute atomic E-state index is 0.0368. The summed E-state index contributed by atoms with van der Waals surface area (Å²) < 4.78 is 10.8. The first kappa shape index (κ1) is 10.2. The SMILES string of the molecule is Cc1ccccc1C=COC1CCCO1. The van der Waals surface area contributed by atoms with Gasteiger partial charge >= 0.3 is 0 Å². The van der Waals surface area contributed by atoms with Crippen LogP contribution in [-0.4, -0.2) is 12.9 Å². The molecular weight excluding hydrogens is 188 g/mol. The van der Waals surface area contributed by atoms with Crippen LogP contribution in [0.2, 0.25) is 0 Å². The molecule has 1 heterocycles. The Morgan fingerprint density at radius 2 is 2.27 bits per heavy atom. The molecule has 0 amide bonds. The highest BCUT2D eigenvalue weighted by Gasteiger charge is 2.14. The van der Waals surface area contributed by atoms with Crippen LogP contribution < -0.4 is 0 Å². The second-order valence-electron chi connectivity index (χ2n) is 3.74. The zero-order valence-corrected chi connectivity index (χ0v) is 8.98. The predicted octanol–water partition coefficient (Wildman–Crippen LogP) is 3.12. The van der Waals surface area contributed by atoms with Crippen LogP contribution in [0.5, 0.6) is 0 Å². The summed E-state index contributed by atoms with van der Waals surface area (Å²) in [5, 5.41) is 0. The molecule has 0 N–H and O–H groups in total. The van der Waals surface area contributed by atoms with E-state index in [2.05, 4.69) is 19.1 Å². The molecule has 1 fully saturated rings. The third-order valence-corrected chi connectivity index (χ3v) is 2.55. The Morgan fingerprint density at radius 3 is 3.00 bits per heavy atom. The number of hydrogen-bond donors (Lipinski definition) is 0. The van der Waals surface area contributed by atoms with Gasteiger partial charge in [0, 0.05) is 6.42 Å². The molecule has 15 heavy (non-hydrogen) atoms. The number of aryl methyl sites for hydroxylation is 1. The molecule has 0 bridgehead atoms. The third-order valence-electron chi connectivity index (χ3n) is 2.55. The van der Waals surface area contributed by atoms with Gasteiger partial charge in [-0.05, 0) is 30.5 Å². The number of ether oxygens (including phenoxy) is 2. The lowest BCUT2D eigenvalue weighted by Gasteiger charge is -2.07. The molecule has 2 heteroatoms. The van der Waals surface area contributed by atoms with Crippen LogP contribution in [0.4, 0.5) is 0 Å². The highest BCUT2D eigenvalue weighted by molar-refractivity contribution is 5.52. The van der Waals surface area contributed by atoms with Gasteiger partial charge in [0.1, 0.15) is 0 Å². The topological polar surface area (TPSA) is 18.5 Å². The molecule has 0 aromatic heterocycles. The van der Waals surface area contributed by atoms with Crippen LogP contribution >= 0.6 is 0 Å². The molecule has 2 nitrogen and oxygen atoms in total. The zero-order valence-electron chi connectivity index (χ0n) is 8.98. The lowest BCUT2D eigenvalue weighted by molar-refractivity contribution is -0.0674. The molecule has 1 unspecified atom stereocenters. The Hall–Kier alpha value is -1.28. The Morgan fingerprint density at radius 1 is 1.40 bits per heavy atom. The van der Waals surface area contributed by atoms with Gasteiger partial charge in [0.25, 0.3) is 0 Å². The fraction of sp³-hybridized carbons (Fsp3) is 0.385. The van der Waals surface area contributed by atoms with Crippen molar-refractivity contribution in [1.82, 2.24) is 0 Å². The van der Waals surface area contributed by atoms with E-state index < -0.39 is 0 Å². The molecule has 2 rings (SSSR count). The summed E-state index contributed by atoms with van der Waals surface area (Å²) >= 11 is 0. The van der Waals surface area contributed by atoms with Crippen molar-refractivity contribution in [3.05, 3.63) is 41.7 Å². The predicted molar refractivity (Wildman–Crippen MR) is 60.3 cm³/mol. The fourth-order valence-corrected chi connectivity index (χ4v) is 1.63. The average molecular weight is 204 g/mol. The van der Waals surface area contributed by atoms with Gasteiger partial charge in [-0.1, -0.05) is 24.3 Å². The summed E-state index contributed by atoms with van der Waals surface area (Å²) in [5.41, 5.74) is 2.44. The first-order valence-corrected chi connectivity index (χ1v) is 5.35. The minimum Gasteiger partial charge on any atom is -0.473 e. The zero-order chi connectivity index (χ0) is 10.5. The molecule has 0 spiro atoms. The van der Waals surface area contributed by atoms with Crippen LogP contribution in [-0.2, 0) is 9.47 Å². The summed E-state index contributed by atoms with van der Waals surface area (Å²) in [6, 6.07) is 8.22. The summed E-state index contributed by atoms with van der Waals surface area (Å²) in [7, 11) is 0. The number of hydrogen-bond acceptors (Lipinski definition) is 2.